The van der Waals surface area contributed by atoms with Crippen LogP contribution in [-0.4, -0.2) is 62.0 Å². The van der Waals surface area contributed by atoms with Gasteiger partial charge >= 0.3 is 6.01 Å². The number of ketones is 1. The van der Waals surface area contributed by atoms with Crippen LogP contribution in [0.5, 0.6) is 0 Å². The molecule has 2 amide bonds. The highest BCUT2D eigenvalue weighted by molar-refractivity contribution is 6.12. The number of halogens is 1. The van der Waals surface area contributed by atoms with Crippen LogP contribution in [-0.2, 0) is 22.7 Å². The number of carbonyl (C=O) groups is 3. The van der Waals surface area contributed by atoms with Gasteiger partial charge in [0.05, 0.1) is 6.54 Å². The molecule has 10 nitrogen and oxygen atoms in total. The highest BCUT2D eigenvalue weighted by Gasteiger charge is 2.50. The topological polar surface area (TPSA) is 129 Å². The molecule has 1 spiro atoms. The lowest BCUT2D eigenvalue weighted by molar-refractivity contribution is -0.149. The van der Waals surface area contributed by atoms with E-state index in [0.717, 1.165) is 22.6 Å². The summed E-state index contributed by atoms with van der Waals surface area (Å²) < 4.78 is 20.7. The second kappa shape index (κ2) is 8.11. The molecule has 3 fully saturated rings. The maximum Gasteiger partial charge on any atom is 0.315 e. The normalized spacial score (nSPS) is 23.5. The Morgan fingerprint density at radius 1 is 1.20 bits per heavy atom. The number of carbonyl (C=O) groups excluding carboxylic acids is 3. The summed E-state index contributed by atoms with van der Waals surface area (Å²) in [6, 6.07) is 1.76. The number of nitrogens with one attached hydrogen (secondary N) is 1. The zero-order chi connectivity index (χ0) is 24.3. The number of hydrogen-bond acceptors (Lipinski definition) is 8. The fraction of sp³-hybridized carbons (Fsp3) is 0.542. The molecule has 184 valence electrons. The Balaban J connectivity index is 1.14. The second-order valence-electron chi connectivity index (χ2n) is 10.2. The number of likely N-dealkylation sites (tertiary alicyclic amines) is 1. The van der Waals surface area contributed by atoms with E-state index in [1.807, 2.05) is 0 Å². The minimum absolute atomic E-state index is 0.0305. The number of nitrogens with zero attached hydrogens (tertiary/aromatic N) is 4. The standard InChI is InChI=1S/C24H26FN5O5/c25-17-7-13(10-26-23-28-27-20(35-23)14-8-24(9-14)3-1-4-24)6-15-16(17)11-30(21(15)33)19-18(32)2-5-29(12-31)22(19)34/h6-7,14,19,31H,1-5,8-12H2,(H,26,28). The summed E-state index contributed by atoms with van der Waals surface area (Å²) >= 11 is 0. The molecule has 35 heavy (non-hydrogen) atoms. The number of piperidine rings is 1. The van der Waals surface area contributed by atoms with Crippen molar-refractivity contribution in [3.63, 3.8) is 0 Å². The first kappa shape index (κ1) is 22.1. The average Bonchev–Trinajstić information content (AvgIpc) is 3.36. The summed E-state index contributed by atoms with van der Waals surface area (Å²) in [5.74, 6) is -1.31. The molecule has 1 saturated heterocycles. The molecular weight excluding hydrogens is 457 g/mol. The van der Waals surface area contributed by atoms with Crippen LogP contribution >= 0.6 is 0 Å². The molecule has 2 aliphatic heterocycles. The predicted octanol–water partition coefficient (Wildman–Crippen LogP) is 1.94. The van der Waals surface area contributed by atoms with Crippen molar-refractivity contribution >= 4 is 23.6 Å². The molecule has 1 aromatic carbocycles. The van der Waals surface area contributed by atoms with Crippen molar-refractivity contribution in [1.29, 1.82) is 0 Å². The van der Waals surface area contributed by atoms with Crippen LogP contribution < -0.4 is 5.32 Å². The smallest absolute Gasteiger partial charge is 0.315 e. The molecule has 1 aromatic heterocycles. The van der Waals surface area contributed by atoms with Gasteiger partial charge in [0.15, 0.2) is 11.8 Å². The van der Waals surface area contributed by atoms with E-state index in [1.165, 1.54) is 25.3 Å². The van der Waals surface area contributed by atoms with Crippen molar-refractivity contribution in [3.8, 4) is 0 Å². The Labute approximate surface area is 200 Å². The second-order valence-corrected chi connectivity index (χ2v) is 10.2. The molecule has 2 aliphatic carbocycles. The number of fused-ring (bicyclic) bond motifs is 1. The lowest BCUT2D eigenvalue weighted by atomic mass is 9.52. The summed E-state index contributed by atoms with van der Waals surface area (Å²) in [4.78, 5) is 40.3. The zero-order valence-electron chi connectivity index (χ0n) is 19.1. The van der Waals surface area contributed by atoms with Crippen molar-refractivity contribution in [1.82, 2.24) is 20.0 Å². The number of anilines is 1. The molecule has 3 heterocycles. The van der Waals surface area contributed by atoms with E-state index in [-0.39, 0.29) is 43.2 Å². The number of aliphatic hydroxyl groups excluding tert-OH is 1. The van der Waals surface area contributed by atoms with Gasteiger partial charge in [-0.25, -0.2) is 4.39 Å². The highest BCUT2D eigenvalue weighted by Crippen LogP contribution is 2.61. The molecule has 0 radical (unpaired) electrons. The summed E-state index contributed by atoms with van der Waals surface area (Å²) in [6.07, 6.45) is 6.08. The predicted molar refractivity (Wildman–Crippen MR) is 118 cm³/mol. The molecule has 2 aromatic rings. The molecular formula is C24H26FN5O5. The van der Waals surface area contributed by atoms with Crippen molar-refractivity contribution in [2.75, 3.05) is 18.6 Å². The third-order valence-corrected chi connectivity index (χ3v) is 8.04. The van der Waals surface area contributed by atoms with Crippen molar-refractivity contribution < 1.29 is 28.3 Å². The first-order valence-corrected chi connectivity index (χ1v) is 12.0. The molecule has 2 N–H and O–H groups in total. The van der Waals surface area contributed by atoms with E-state index in [0.29, 0.717) is 22.8 Å². The number of rotatable bonds is 6. The number of benzene rings is 1. The Morgan fingerprint density at radius 3 is 2.71 bits per heavy atom. The number of aromatic nitrogens is 2. The van der Waals surface area contributed by atoms with Gasteiger partial charge in [-0.1, -0.05) is 11.5 Å². The van der Waals surface area contributed by atoms with Crippen molar-refractivity contribution in [2.24, 2.45) is 5.41 Å². The monoisotopic (exact) mass is 483 g/mol. The van der Waals surface area contributed by atoms with Gasteiger partial charge in [0, 0.05) is 36.6 Å². The van der Waals surface area contributed by atoms with Crippen LogP contribution in [0.4, 0.5) is 10.4 Å². The quantitative estimate of drug-likeness (QED) is 0.597. The van der Waals surface area contributed by atoms with E-state index in [9.17, 15) is 23.9 Å². The van der Waals surface area contributed by atoms with Crippen LogP contribution in [0.2, 0.25) is 0 Å². The summed E-state index contributed by atoms with van der Waals surface area (Å²) in [6.45, 7) is -0.456. The average molecular weight is 484 g/mol. The van der Waals surface area contributed by atoms with E-state index in [1.54, 1.807) is 6.07 Å². The number of amides is 2. The number of aliphatic hydroxyl groups is 1. The summed E-state index contributed by atoms with van der Waals surface area (Å²) in [5.41, 5.74) is 1.26. The van der Waals surface area contributed by atoms with Gasteiger partial charge in [-0.3, -0.25) is 14.4 Å². The van der Waals surface area contributed by atoms with Crippen LogP contribution in [0, 0.1) is 11.2 Å². The van der Waals surface area contributed by atoms with E-state index in [2.05, 4.69) is 15.5 Å². The van der Waals surface area contributed by atoms with Crippen LogP contribution in [0.15, 0.2) is 16.5 Å². The molecule has 11 heteroatoms. The van der Waals surface area contributed by atoms with E-state index in [4.69, 9.17) is 4.42 Å². The summed E-state index contributed by atoms with van der Waals surface area (Å²) in [7, 11) is 0. The Hall–Kier alpha value is -3.34. The molecule has 0 bridgehead atoms. The van der Waals surface area contributed by atoms with Gasteiger partial charge in [0.25, 0.3) is 11.8 Å². The molecule has 1 unspecified atom stereocenters. The first-order chi connectivity index (χ1) is 16.9. The third-order valence-electron chi connectivity index (χ3n) is 8.04. The highest BCUT2D eigenvalue weighted by atomic mass is 19.1. The van der Waals surface area contributed by atoms with E-state index < -0.39 is 36.2 Å². The van der Waals surface area contributed by atoms with Crippen molar-refractivity contribution in [3.05, 3.63) is 40.5 Å². The first-order valence-electron chi connectivity index (χ1n) is 12.0. The Bertz CT molecular complexity index is 1220. The van der Waals surface area contributed by atoms with Gasteiger partial charge in [-0.2, -0.15) is 0 Å². The fourth-order valence-electron chi connectivity index (χ4n) is 5.90. The molecule has 2 saturated carbocycles. The number of hydrogen-bond donors (Lipinski definition) is 2. The minimum Gasteiger partial charge on any atom is -0.408 e. The molecule has 1 atom stereocenters. The SMILES string of the molecule is O=C1CCN(CO)C(=O)C1N1Cc2c(F)cc(CNc3nnc(C4CC5(CCC5)C4)o3)cc2C1=O. The van der Waals surface area contributed by atoms with Crippen LogP contribution in [0.1, 0.15) is 71.8 Å². The van der Waals surface area contributed by atoms with Crippen LogP contribution in [0.25, 0.3) is 0 Å². The Morgan fingerprint density at radius 2 is 2.00 bits per heavy atom. The maximum atomic E-state index is 14.9. The molecule has 6 rings (SSSR count). The largest absolute Gasteiger partial charge is 0.408 e. The van der Waals surface area contributed by atoms with Gasteiger partial charge < -0.3 is 24.6 Å². The van der Waals surface area contributed by atoms with Gasteiger partial charge in [-0.15, -0.1) is 5.10 Å². The minimum atomic E-state index is -1.35. The zero-order valence-corrected chi connectivity index (χ0v) is 19.1. The lowest BCUT2D eigenvalue weighted by Crippen LogP contribution is -2.57. The van der Waals surface area contributed by atoms with Crippen molar-refractivity contribution in [2.45, 2.75) is 63.6 Å². The fourth-order valence-corrected chi connectivity index (χ4v) is 5.90. The third kappa shape index (κ3) is 3.60. The van der Waals surface area contributed by atoms with Crippen LogP contribution in [0.3, 0.4) is 0 Å². The lowest BCUT2D eigenvalue weighted by Gasteiger charge is -2.53. The van der Waals surface area contributed by atoms with Gasteiger partial charge in [0.1, 0.15) is 12.5 Å². The summed E-state index contributed by atoms with van der Waals surface area (Å²) in [5, 5.41) is 20.6. The molecule has 4 aliphatic rings. The van der Waals surface area contributed by atoms with E-state index >= 15 is 0 Å². The maximum absolute atomic E-state index is 14.9. The Kier molecular flexibility index (Phi) is 5.13. The van der Waals surface area contributed by atoms with Gasteiger partial charge in [-0.05, 0) is 48.8 Å². The number of Topliss-reactive ketones (excluding diaryl/α,β-unsaturated/α-hetero) is 1. The van der Waals surface area contributed by atoms with Gasteiger partial charge in [0.2, 0.25) is 5.89 Å².